The first kappa shape index (κ1) is 30.4. The fraction of sp³-hybridized carbons (Fsp3) is 0. The zero-order valence-corrected chi connectivity index (χ0v) is 28.2. The molecule has 240 valence electrons. The molecular weight excluding hydrogens is 615 g/mol. The van der Waals surface area contributed by atoms with E-state index in [0.717, 1.165) is 17.1 Å². The van der Waals surface area contributed by atoms with Gasteiger partial charge in [-0.3, -0.25) is 0 Å². The Bertz CT molecular complexity index is 2520. The van der Waals surface area contributed by atoms with Gasteiger partial charge in [0.2, 0.25) is 0 Å². The molecule has 0 fully saturated rings. The van der Waals surface area contributed by atoms with Crippen molar-refractivity contribution >= 4 is 38.6 Å². The lowest BCUT2D eigenvalue weighted by Crippen LogP contribution is -2.14. The van der Waals surface area contributed by atoms with Crippen LogP contribution in [-0.4, -0.2) is 0 Å². The largest absolute Gasteiger partial charge is 0.308 e. The van der Waals surface area contributed by atoms with Crippen LogP contribution in [0.15, 0.2) is 212 Å². The molecule has 0 bridgehead atoms. The van der Waals surface area contributed by atoms with Crippen molar-refractivity contribution in [3.8, 4) is 44.5 Å². The molecule has 1 nitrogen and oxygen atoms in total. The number of para-hydroxylation sites is 2. The van der Waals surface area contributed by atoms with Crippen molar-refractivity contribution in [1.82, 2.24) is 0 Å². The van der Waals surface area contributed by atoms with Gasteiger partial charge in [0, 0.05) is 22.1 Å². The summed E-state index contributed by atoms with van der Waals surface area (Å²) in [6.45, 7) is 0. The molecule has 0 atom stereocenters. The molecular formula is C50H35N. The van der Waals surface area contributed by atoms with Crippen LogP contribution in [0.2, 0.25) is 0 Å². The maximum atomic E-state index is 2.53. The van der Waals surface area contributed by atoms with E-state index >= 15 is 0 Å². The Labute approximate surface area is 299 Å². The van der Waals surface area contributed by atoms with Crippen molar-refractivity contribution in [2.24, 2.45) is 0 Å². The van der Waals surface area contributed by atoms with Gasteiger partial charge >= 0.3 is 0 Å². The summed E-state index contributed by atoms with van der Waals surface area (Å²) in [7, 11) is 0. The lowest BCUT2D eigenvalue weighted by Gasteiger charge is -2.33. The molecule has 0 saturated carbocycles. The smallest absolute Gasteiger partial charge is 0.0625 e. The number of benzene rings is 9. The van der Waals surface area contributed by atoms with Crippen molar-refractivity contribution < 1.29 is 0 Å². The Morgan fingerprint density at radius 3 is 1.12 bits per heavy atom. The fourth-order valence-electron chi connectivity index (χ4n) is 7.54. The Kier molecular flexibility index (Phi) is 7.92. The molecule has 0 N–H and O–H groups in total. The Morgan fingerprint density at radius 1 is 0.235 bits per heavy atom. The number of hydrogen-bond acceptors (Lipinski definition) is 1. The minimum Gasteiger partial charge on any atom is -0.308 e. The van der Waals surface area contributed by atoms with E-state index < -0.39 is 0 Å². The molecule has 0 spiro atoms. The van der Waals surface area contributed by atoms with E-state index in [9.17, 15) is 0 Å². The van der Waals surface area contributed by atoms with Gasteiger partial charge in [-0.1, -0.05) is 200 Å². The fourth-order valence-corrected chi connectivity index (χ4v) is 7.54. The molecule has 0 saturated heterocycles. The summed E-state index contributed by atoms with van der Waals surface area (Å²) >= 11 is 0. The molecule has 0 heterocycles. The molecule has 9 rings (SSSR count). The van der Waals surface area contributed by atoms with Gasteiger partial charge in [-0.25, -0.2) is 0 Å². The minimum atomic E-state index is 1.12. The first-order chi connectivity index (χ1) is 25.3. The molecule has 0 amide bonds. The first-order valence-corrected chi connectivity index (χ1v) is 17.5. The van der Waals surface area contributed by atoms with Gasteiger partial charge in [-0.05, 0) is 56.1 Å². The van der Waals surface area contributed by atoms with Crippen LogP contribution >= 0.6 is 0 Å². The quantitative estimate of drug-likeness (QED) is 0.155. The van der Waals surface area contributed by atoms with Crippen LogP contribution < -0.4 is 4.90 Å². The Balaban J connectivity index is 1.42. The van der Waals surface area contributed by atoms with Crippen LogP contribution in [0.1, 0.15) is 0 Å². The second-order valence-electron chi connectivity index (χ2n) is 12.9. The van der Waals surface area contributed by atoms with Crippen molar-refractivity contribution in [3.05, 3.63) is 212 Å². The molecule has 0 radical (unpaired) electrons. The average molecular weight is 650 g/mol. The topological polar surface area (TPSA) is 3.24 Å². The number of nitrogens with zero attached hydrogens (tertiary/aromatic N) is 1. The normalized spacial score (nSPS) is 11.1. The third-order valence-electron chi connectivity index (χ3n) is 9.87. The van der Waals surface area contributed by atoms with Crippen LogP contribution in [0.25, 0.3) is 66.1 Å². The van der Waals surface area contributed by atoms with Crippen LogP contribution in [0, 0.1) is 0 Å². The molecule has 0 aliphatic rings. The Morgan fingerprint density at radius 2 is 0.588 bits per heavy atom. The number of fused-ring (bicyclic) bond motifs is 3. The number of hydrogen-bond donors (Lipinski definition) is 0. The van der Waals surface area contributed by atoms with E-state index in [1.54, 1.807) is 0 Å². The number of rotatable bonds is 7. The standard InChI is InChI=1S/C50H35N/c1-4-18-36(19-5-1)37-32-34-40(35-33-37)49-45-28-12-10-26-43(45)44-27-11-13-29-46(44)50(49)51(47-30-16-14-24-41(47)38-20-6-2-7-21-38)48-31-17-15-25-42(48)39-22-8-3-9-23-39/h1-35H. The third kappa shape index (κ3) is 5.56. The van der Waals surface area contributed by atoms with E-state index in [0.29, 0.717) is 0 Å². The highest BCUT2D eigenvalue weighted by molar-refractivity contribution is 6.23. The third-order valence-corrected chi connectivity index (χ3v) is 9.87. The van der Waals surface area contributed by atoms with Gasteiger partial charge in [0.1, 0.15) is 0 Å². The van der Waals surface area contributed by atoms with Gasteiger partial charge < -0.3 is 4.90 Å². The van der Waals surface area contributed by atoms with Gasteiger partial charge in [-0.15, -0.1) is 0 Å². The van der Waals surface area contributed by atoms with Gasteiger partial charge in [-0.2, -0.15) is 0 Å². The summed E-state index contributed by atoms with van der Waals surface area (Å²) < 4.78 is 0. The van der Waals surface area contributed by atoms with E-state index in [2.05, 4.69) is 217 Å². The molecule has 0 unspecified atom stereocenters. The molecule has 9 aromatic rings. The zero-order chi connectivity index (χ0) is 34.0. The molecule has 51 heavy (non-hydrogen) atoms. The minimum absolute atomic E-state index is 1.12. The first-order valence-electron chi connectivity index (χ1n) is 17.5. The maximum Gasteiger partial charge on any atom is 0.0625 e. The highest BCUT2D eigenvalue weighted by Crippen LogP contribution is 2.52. The lowest BCUT2D eigenvalue weighted by atomic mass is 9.88. The van der Waals surface area contributed by atoms with Crippen molar-refractivity contribution in [2.45, 2.75) is 0 Å². The summed E-state index contributed by atoms with van der Waals surface area (Å²) in [5.74, 6) is 0. The highest BCUT2D eigenvalue weighted by Gasteiger charge is 2.27. The van der Waals surface area contributed by atoms with Crippen LogP contribution in [0.3, 0.4) is 0 Å². The monoisotopic (exact) mass is 649 g/mol. The van der Waals surface area contributed by atoms with Crippen LogP contribution in [0.4, 0.5) is 17.1 Å². The van der Waals surface area contributed by atoms with E-state index in [-0.39, 0.29) is 0 Å². The van der Waals surface area contributed by atoms with Crippen molar-refractivity contribution in [3.63, 3.8) is 0 Å². The van der Waals surface area contributed by atoms with E-state index in [1.807, 2.05) is 0 Å². The van der Waals surface area contributed by atoms with Gasteiger partial charge in [0.25, 0.3) is 0 Å². The van der Waals surface area contributed by atoms with E-state index in [4.69, 9.17) is 0 Å². The van der Waals surface area contributed by atoms with E-state index in [1.165, 1.54) is 66.1 Å². The second-order valence-corrected chi connectivity index (χ2v) is 12.9. The summed E-state index contributed by atoms with van der Waals surface area (Å²) in [6, 6.07) is 76.7. The predicted octanol–water partition coefficient (Wildman–Crippen LogP) is 14.1. The Hall–Kier alpha value is -6.70. The summed E-state index contributed by atoms with van der Waals surface area (Å²) in [4.78, 5) is 2.53. The molecule has 0 aliphatic heterocycles. The maximum absolute atomic E-state index is 2.53. The molecule has 0 aromatic heterocycles. The lowest BCUT2D eigenvalue weighted by molar-refractivity contribution is 1.30. The van der Waals surface area contributed by atoms with Crippen LogP contribution in [-0.2, 0) is 0 Å². The molecule has 0 aliphatic carbocycles. The SMILES string of the molecule is c1ccc(-c2ccc(-c3c(N(c4ccccc4-c4ccccc4)c4ccccc4-c4ccccc4)c4ccccc4c4ccccc34)cc2)cc1. The highest BCUT2D eigenvalue weighted by atomic mass is 15.2. The predicted molar refractivity (Wildman–Crippen MR) is 218 cm³/mol. The molecule has 1 heteroatoms. The summed E-state index contributed by atoms with van der Waals surface area (Å²) in [5, 5.41) is 4.89. The second kappa shape index (κ2) is 13.3. The van der Waals surface area contributed by atoms with Gasteiger partial charge in [0.15, 0.2) is 0 Å². The average Bonchev–Trinajstić information content (AvgIpc) is 3.22. The van der Waals surface area contributed by atoms with Crippen molar-refractivity contribution in [1.29, 1.82) is 0 Å². The molecule has 9 aromatic carbocycles. The van der Waals surface area contributed by atoms with Crippen molar-refractivity contribution in [2.75, 3.05) is 4.90 Å². The summed E-state index contributed by atoms with van der Waals surface area (Å²) in [6.07, 6.45) is 0. The van der Waals surface area contributed by atoms with Gasteiger partial charge in [0.05, 0.1) is 17.1 Å². The number of anilines is 3. The zero-order valence-electron chi connectivity index (χ0n) is 28.2. The summed E-state index contributed by atoms with van der Waals surface area (Å²) in [5.41, 5.74) is 12.9. The van der Waals surface area contributed by atoms with Crippen LogP contribution in [0.5, 0.6) is 0 Å².